The van der Waals surface area contributed by atoms with Crippen LogP contribution >= 0.6 is 0 Å². The van der Waals surface area contributed by atoms with Gasteiger partial charge in [-0.25, -0.2) is 0 Å². The largest absolute Gasteiger partial charge is 0.349 e. The van der Waals surface area contributed by atoms with Crippen molar-refractivity contribution in [1.29, 1.82) is 0 Å². The SMILES string of the molecule is CN(C)C(=NCCn1cc([N+](=O)[O-])cn1)N(C)C. The summed E-state index contributed by atoms with van der Waals surface area (Å²) in [5.41, 5.74) is -0.000535. The average Bonchev–Trinajstić information content (AvgIpc) is 2.71. The maximum Gasteiger partial charge on any atom is 0.306 e. The highest BCUT2D eigenvalue weighted by atomic mass is 16.6. The summed E-state index contributed by atoms with van der Waals surface area (Å²) in [6.45, 7) is 1.03. The van der Waals surface area contributed by atoms with Gasteiger partial charge >= 0.3 is 5.69 Å². The number of nitrogens with zero attached hydrogens (tertiary/aromatic N) is 6. The summed E-state index contributed by atoms with van der Waals surface area (Å²) in [6.07, 6.45) is 2.64. The van der Waals surface area contributed by atoms with Crippen LogP contribution in [0.25, 0.3) is 0 Å². The quantitative estimate of drug-likeness (QED) is 0.333. The van der Waals surface area contributed by atoms with Crippen LogP contribution in [0.15, 0.2) is 17.4 Å². The fraction of sp³-hybridized carbons (Fsp3) is 0.600. The number of hydrogen-bond acceptors (Lipinski definition) is 4. The van der Waals surface area contributed by atoms with E-state index in [9.17, 15) is 10.1 Å². The molecule has 0 aliphatic carbocycles. The van der Waals surface area contributed by atoms with Crippen molar-refractivity contribution < 1.29 is 4.92 Å². The van der Waals surface area contributed by atoms with Gasteiger partial charge < -0.3 is 9.80 Å². The minimum atomic E-state index is -0.460. The lowest BCUT2D eigenvalue weighted by molar-refractivity contribution is -0.385. The van der Waals surface area contributed by atoms with E-state index in [0.717, 1.165) is 5.96 Å². The Labute approximate surface area is 106 Å². The molecule has 18 heavy (non-hydrogen) atoms. The van der Waals surface area contributed by atoms with Gasteiger partial charge in [0.05, 0.1) is 18.0 Å². The van der Waals surface area contributed by atoms with Gasteiger partial charge in [-0.05, 0) is 0 Å². The van der Waals surface area contributed by atoms with Crippen LogP contribution in [0.1, 0.15) is 0 Å². The Hall–Kier alpha value is -2.12. The highest BCUT2D eigenvalue weighted by Crippen LogP contribution is 2.07. The summed E-state index contributed by atoms with van der Waals surface area (Å²) in [7, 11) is 7.66. The number of nitro groups is 1. The summed E-state index contributed by atoms with van der Waals surface area (Å²) >= 11 is 0. The summed E-state index contributed by atoms with van der Waals surface area (Å²) in [6, 6.07) is 0. The Morgan fingerprint density at radius 2 is 2.06 bits per heavy atom. The van der Waals surface area contributed by atoms with Gasteiger partial charge in [0.1, 0.15) is 12.4 Å². The maximum atomic E-state index is 10.5. The third kappa shape index (κ3) is 3.72. The number of hydrogen-bond donors (Lipinski definition) is 0. The Morgan fingerprint density at radius 3 is 2.50 bits per heavy atom. The van der Waals surface area contributed by atoms with E-state index in [-0.39, 0.29) is 5.69 Å². The predicted molar refractivity (Wildman–Crippen MR) is 68.6 cm³/mol. The molecule has 100 valence electrons. The lowest BCUT2D eigenvalue weighted by Gasteiger charge is -2.22. The first kappa shape index (κ1) is 13.9. The van der Waals surface area contributed by atoms with Crippen LogP contribution < -0.4 is 0 Å². The zero-order valence-corrected chi connectivity index (χ0v) is 11.1. The molecule has 1 aromatic heterocycles. The molecule has 1 rings (SSSR count). The van der Waals surface area contributed by atoms with E-state index >= 15 is 0 Å². The fourth-order valence-electron chi connectivity index (χ4n) is 1.50. The lowest BCUT2D eigenvalue weighted by atomic mass is 10.6. The second-order valence-electron chi connectivity index (χ2n) is 4.19. The van der Waals surface area contributed by atoms with Crippen LogP contribution in [0.3, 0.4) is 0 Å². The lowest BCUT2D eigenvalue weighted by Crippen LogP contribution is -2.35. The highest BCUT2D eigenvalue weighted by molar-refractivity contribution is 5.79. The van der Waals surface area contributed by atoms with Gasteiger partial charge in [-0.3, -0.25) is 19.8 Å². The minimum absolute atomic E-state index is 0.000535. The first-order valence-corrected chi connectivity index (χ1v) is 5.47. The van der Waals surface area contributed by atoms with Crippen molar-refractivity contribution in [3.63, 3.8) is 0 Å². The normalized spacial score (nSPS) is 10.0. The van der Waals surface area contributed by atoms with Crippen molar-refractivity contribution in [2.24, 2.45) is 4.99 Å². The molecule has 0 unspecified atom stereocenters. The summed E-state index contributed by atoms with van der Waals surface area (Å²) < 4.78 is 1.52. The van der Waals surface area contributed by atoms with Crippen molar-refractivity contribution in [2.45, 2.75) is 6.54 Å². The molecule has 1 heterocycles. The molecule has 0 aliphatic heterocycles. The highest BCUT2D eigenvalue weighted by Gasteiger charge is 2.08. The van der Waals surface area contributed by atoms with Gasteiger partial charge in [0.15, 0.2) is 5.96 Å². The van der Waals surface area contributed by atoms with Crippen LogP contribution in [-0.4, -0.2) is 65.2 Å². The molecule has 0 atom stereocenters. The van der Waals surface area contributed by atoms with Crippen LogP contribution in [0.4, 0.5) is 5.69 Å². The van der Waals surface area contributed by atoms with E-state index in [1.54, 1.807) is 0 Å². The summed E-state index contributed by atoms with van der Waals surface area (Å²) in [5, 5.41) is 14.4. The molecule has 8 nitrogen and oxygen atoms in total. The van der Waals surface area contributed by atoms with E-state index in [2.05, 4.69) is 10.1 Å². The second-order valence-corrected chi connectivity index (χ2v) is 4.19. The van der Waals surface area contributed by atoms with E-state index in [0.29, 0.717) is 13.1 Å². The van der Waals surface area contributed by atoms with E-state index in [1.165, 1.54) is 17.1 Å². The topological polar surface area (TPSA) is 79.8 Å². The Balaban J connectivity index is 2.59. The molecule has 0 amide bonds. The zero-order valence-electron chi connectivity index (χ0n) is 11.1. The molecule has 0 radical (unpaired) electrons. The first-order valence-electron chi connectivity index (χ1n) is 5.47. The van der Waals surface area contributed by atoms with Crippen LogP contribution in [0.2, 0.25) is 0 Å². The maximum absolute atomic E-state index is 10.5. The zero-order chi connectivity index (χ0) is 13.7. The fourth-order valence-corrected chi connectivity index (χ4v) is 1.50. The smallest absolute Gasteiger partial charge is 0.306 e. The van der Waals surface area contributed by atoms with Crippen molar-refractivity contribution in [3.05, 3.63) is 22.5 Å². The minimum Gasteiger partial charge on any atom is -0.349 e. The van der Waals surface area contributed by atoms with Crippen molar-refractivity contribution >= 4 is 11.6 Å². The Bertz CT molecular complexity index is 427. The van der Waals surface area contributed by atoms with Crippen molar-refractivity contribution in [1.82, 2.24) is 19.6 Å². The van der Waals surface area contributed by atoms with Crippen LogP contribution in [0.5, 0.6) is 0 Å². The molecule has 1 aromatic rings. The molecule has 0 bridgehead atoms. The molecule has 8 heteroatoms. The van der Waals surface area contributed by atoms with Crippen LogP contribution in [-0.2, 0) is 6.54 Å². The average molecular weight is 254 g/mol. The molecular formula is C10H18N6O2. The number of aliphatic imine (C=N–C) groups is 1. The van der Waals surface area contributed by atoms with Crippen molar-refractivity contribution in [3.8, 4) is 0 Å². The third-order valence-corrected chi connectivity index (χ3v) is 2.21. The summed E-state index contributed by atoms with van der Waals surface area (Å²) in [4.78, 5) is 18.3. The van der Waals surface area contributed by atoms with E-state index < -0.39 is 4.92 Å². The third-order valence-electron chi connectivity index (χ3n) is 2.21. The van der Waals surface area contributed by atoms with Gasteiger partial charge in [-0.1, -0.05) is 0 Å². The van der Waals surface area contributed by atoms with E-state index in [4.69, 9.17) is 0 Å². The number of guanidine groups is 1. The Morgan fingerprint density at radius 1 is 1.44 bits per heavy atom. The standard InChI is InChI=1S/C10H18N6O2/c1-13(2)10(14(3)4)11-5-6-15-8-9(7-12-15)16(17)18/h7-8H,5-6H2,1-4H3. The summed E-state index contributed by atoms with van der Waals surface area (Å²) in [5.74, 6) is 0.844. The molecule has 0 fully saturated rings. The van der Waals surface area contributed by atoms with Gasteiger partial charge in [0.25, 0.3) is 0 Å². The molecule has 0 aliphatic rings. The molecule has 0 aromatic carbocycles. The predicted octanol–water partition coefficient (Wildman–Crippen LogP) is 0.270. The van der Waals surface area contributed by atoms with Gasteiger partial charge in [0, 0.05) is 28.2 Å². The van der Waals surface area contributed by atoms with Crippen LogP contribution in [0, 0.1) is 10.1 Å². The molecule has 0 N–H and O–H groups in total. The van der Waals surface area contributed by atoms with Gasteiger partial charge in [-0.15, -0.1) is 0 Å². The Kier molecular flexibility index (Phi) is 4.64. The monoisotopic (exact) mass is 254 g/mol. The van der Waals surface area contributed by atoms with E-state index in [1.807, 2.05) is 38.0 Å². The molecular weight excluding hydrogens is 236 g/mol. The number of aromatic nitrogens is 2. The van der Waals surface area contributed by atoms with Gasteiger partial charge in [-0.2, -0.15) is 5.10 Å². The molecule has 0 spiro atoms. The van der Waals surface area contributed by atoms with Crippen molar-refractivity contribution in [2.75, 3.05) is 34.7 Å². The number of rotatable bonds is 4. The second kappa shape index (κ2) is 5.99. The van der Waals surface area contributed by atoms with Gasteiger partial charge in [0.2, 0.25) is 0 Å². The molecule has 0 saturated heterocycles. The molecule has 0 saturated carbocycles. The first-order chi connectivity index (χ1) is 8.41.